The van der Waals surface area contributed by atoms with Crippen LogP contribution in [0.4, 0.5) is 0 Å². The molecule has 0 amide bonds. The zero-order valence-electron chi connectivity index (χ0n) is 20.2. The summed E-state index contributed by atoms with van der Waals surface area (Å²) in [6.45, 7) is 14.5. The molecule has 3 aliphatic carbocycles. The number of rotatable bonds is 3. The van der Waals surface area contributed by atoms with Gasteiger partial charge >= 0.3 is 0 Å². The topological polar surface area (TPSA) is 49.7 Å². The molecule has 1 heterocycles. The number of hydrogen-bond acceptors (Lipinski definition) is 3. The lowest BCUT2D eigenvalue weighted by Crippen LogP contribution is -2.42. The Bertz CT molecular complexity index is 737. The Balaban J connectivity index is 1.49. The summed E-state index contributed by atoms with van der Waals surface area (Å²) in [5.74, 6) is 2.85. The number of hydrogen-bond donors (Lipinski definition) is 2. The van der Waals surface area contributed by atoms with Crippen molar-refractivity contribution in [3.63, 3.8) is 0 Å². The third-order valence-electron chi connectivity index (χ3n) is 9.49. The number of aliphatic hydroxyl groups is 2. The monoisotopic (exact) mass is 428 g/mol. The maximum absolute atomic E-state index is 10.2. The third kappa shape index (κ3) is 4.61. The van der Waals surface area contributed by atoms with Crippen molar-refractivity contribution < 1.29 is 14.9 Å². The first-order chi connectivity index (χ1) is 14.6. The van der Waals surface area contributed by atoms with Crippen molar-refractivity contribution in [2.45, 2.75) is 103 Å². The Morgan fingerprint density at radius 3 is 2.58 bits per heavy atom. The predicted octanol–water partition coefficient (Wildman–Crippen LogP) is 5.97. The molecule has 3 saturated carbocycles. The second-order valence-corrected chi connectivity index (χ2v) is 11.9. The molecule has 3 nitrogen and oxygen atoms in total. The van der Waals surface area contributed by atoms with E-state index in [0.717, 1.165) is 23.7 Å². The summed E-state index contributed by atoms with van der Waals surface area (Å²) in [5.41, 5.74) is 3.84. The predicted molar refractivity (Wildman–Crippen MR) is 127 cm³/mol. The number of aliphatic hydroxyl groups excluding tert-OH is 2. The van der Waals surface area contributed by atoms with Crippen LogP contribution in [-0.2, 0) is 4.74 Å². The maximum Gasteiger partial charge on any atom is 0.0811 e. The van der Waals surface area contributed by atoms with E-state index < -0.39 is 12.2 Å². The van der Waals surface area contributed by atoms with Gasteiger partial charge in [-0.1, -0.05) is 38.2 Å². The zero-order valence-corrected chi connectivity index (χ0v) is 20.2. The van der Waals surface area contributed by atoms with Crippen molar-refractivity contribution in [3.8, 4) is 0 Å². The Hall–Kier alpha value is -0.900. The molecule has 31 heavy (non-hydrogen) atoms. The van der Waals surface area contributed by atoms with Gasteiger partial charge in [-0.05, 0) is 105 Å². The van der Waals surface area contributed by atoms with Gasteiger partial charge in [-0.25, -0.2) is 0 Å². The minimum atomic E-state index is -0.607. The van der Waals surface area contributed by atoms with Gasteiger partial charge in [-0.2, -0.15) is 0 Å². The molecule has 4 aliphatic rings. The van der Waals surface area contributed by atoms with Crippen LogP contribution in [0.5, 0.6) is 0 Å². The van der Waals surface area contributed by atoms with Gasteiger partial charge in [-0.15, -0.1) is 0 Å². The molecule has 1 saturated heterocycles. The largest absolute Gasteiger partial charge is 0.393 e. The van der Waals surface area contributed by atoms with Crippen LogP contribution in [0, 0.1) is 29.1 Å². The SMILES string of the molecule is C=C1/C(=C\C=C2/CCC[C@]3(C)[C@@H]([C@H](C)[C@@H]4CCC(C)(C)OC4)CC[C@@H]23)C[C@@H](O)C[C@@H]1O. The highest BCUT2D eigenvalue weighted by Gasteiger charge is 2.52. The first kappa shape index (κ1) is 23.3. The lowest BCUT2D eigenvalue weighted by atomic mass is 9.59. The summed E-state index contributed by atoms with van der Waals surface area (Å²) < 4.78 is 6.21. The molecule has 4 fully saturated rings. The highest BCUT2D eigenvalue weighted by atomic mass is 16.5. The number of fused-ring (bicyclic) bond motifs is 1. The van der Waals surface area contributed by atoms with Crippen molar-refractivity contribution in [1.82, 2.24) is 0 Å². The van der Waals surface area contributed by atoms with Gasteiger partial charge < -0.3 is 14.9 Å². The second kappa shape index (κ2) is 8.80. The fraction of sp³-hybridized carbons (Fsp3) is 0.786. The highest BCUT2D eigenvalue weighted by molar-refractivity contribution is 5.38. The fourth-order valence-electron chi connectivity index (χ4n) is 7.37. The third-order valence-corrected chi connectivity index (χ3v) is 9.49. The Morgan fingerprint density at radius 1 is 1.10 bits per heavy atom. The molecule has 0 aromatic carbocycles. The quantitative estimate of drug-likeness (QED) is 0.582. The summed E-state index contributed by atoms with van der Waals surface area (Å²) >= 11 is 0. The van der Waals surface area contributed by atoms with Gasteiger partial charge in [0.1, 0.15) is 0 Å². The van der Waals surface area contributed by atoms with E-state index in [1.54, 1.807) is 5.57 Å². The lowest BCUT2D eigenvalue weighted by Gasteiger charge is -2.47. The average Bonchev–Trinajstić information content (AvgIpc) is 3.06. The van der Waals surface area contributed by atoms with Crippen LogP contribution < -0.4 is 0 Å². The molecule has 0 aromatic rings. The van der Waals surface area contributed by atoms with E-state index in [0.29, 0.717) is 36.0 Å². The van der Waals surface area contributed by atoms with Crippen molar-refractivity contribution >= 4 is 0 Å². The Morgan fingerprint density at radius 2 is 1.87 bits per heavy atom. The molecule has 1 aliphatic heterocycles. The Labute approximate surface area is 189 Å². The molecule has 2 N–H and O–H groups in total. The van der Waals surface area contributed by atoms with Gasteiger partial charge in [0.2, 0.25) is 0 Å². The fourth-order valence-corrected chi connectivity index (χ4v) is 7.37. The van der Waals surface area contributed by atoms with E-state index in [2.05, 4.69) is 46.4 Å². The van der Waals surface area contributed by atoms with Crippen LogP contribution in [-0.4, -0.2) is 34.6 Å². The first-order valence-electron chi connectivity index (χ1n) is 12.7. The van der Waals surface area contributed by atoms with E-state index in [1.165, 1.54) is 44.9 Å². The molecule has 0 aromatic heterocycles. The second-order valence-electron chi connectivity index (χ2n) is 11.9. The lowest BCUT2D eigenvalue weighted by molar-refractivity contribution is -0.0974. The van der Waals surface area contributed by atoms with E-state index >= 15 is 0 Å². The minimum Gasteiger partial charge on any atom is -0.393 e. The van der Waals surface area contributed by atoms with Gasteiger partial charge in [-0.3, -0.25) is 0 Å². The molecule has 0 unspecified atom stereocenters. The summed E-state index contributed by atoms with van der Waals surface area (Å²) in [5, 5.41) is 20.2. The molecule has 174 valence electrons. The van der Waals surface area contributed by atoms with Gasteiger partial charge in [0.25, 0.3) is 0 Å². The molecule has 4 rings (SSSR count). The van der Waals surface area contributed by atoms with Gasteiger partial charge in [0.15, 0.2) is 0 Å². The van der Waals surface area contributed by atoms with Crippen molar-refractivity contribution in [2.75, 3.05) is 6.61 Å². The van der Waals surface area contributed by atoms with E-state index in [9.17, 15) is 10.2 Å². The highest BCUT2D eigenvalue weighted by Crippen LogP contribution is 2.60. The smallest absolute Gasteiger partial charge is 0.0811 e. The normalized spacial score (nSPS) is 44.5. The van der Waals surface area contributed by atoms with E-state index in [1.807, 2.05) is 0 Å². The molecule has 0 radical (unpaired) electrons. The molecule has 3 heteroatoms. The average molecular weight is 429 g/mol. The maximum atomic E-state index is 10.2. The molecular weight excluding hydrogens is 384 g/mol. The molecular formula is C28H44O3. The van der Waals surface area contributed by atoms with Crippen molar-refractivity contribution in [3.05, 3.63) is 35.5 Å². The standard InChI is InChI=1S/C28H44O3/c1-18(22-12-14-27(3,4)31-17-22)24-10-11-25-20(7-6-13-28(24,25)5)8-9-21-15-23(29)16-26(30)19(21)2/h8-9,18,22-26,29-30H,2,6-7,10-17H2,1,3-5H3/b20-8+,21-9-/t18-,22-,23-,24-,25+,26+,28-/m1/s1. The van der Waals surface area contributed by atoms with E-state index in [4.69, 9.17) is 4.74 Å². The van der Waals surface area contributed by atoms with Crippen LogP contribution in [0.1, 0.15) is 85.5 Å². The van der Waals surface area contributed by atoms with Crippen LogP contribution in [0.2, 0.25) is 0 Å². The summed E-state index contributed by atoms with van der Waals surface area (Å²) in [6.07, 6.45) is 13.3. The number of allylic oxidation sites excluding steroid dienone is 3. The van der Waals surface area contributed by atoms with Crippen molar-refractivity contribution in [1.29, 1.82) is 0 Å². The molecule has 0 bridgehead atoms. The Kier molecular flexibility index (Phi) is 6.60. The zero-order chi connectivity index (χ0) is 22.4. The molecule has 0 spiro atoms. The number of ether oxygens (including phenoxy) is 1. The minimum absolute atomic E-state index is 0.0524. The van der Waals surface area contributed by atoms with E-state index in [-0.39, 0.29) is 5.60 Å². The van der Waals surface area contributed by atoms with Crippen LogP contribution >= 0.6 is 0 Å². The van der Waals surface area contributed by atoms with Crippen LogP contribution in [0.3, 0.4) is 0 Å². The molecule has 7 atom stereocenters. The van der Waals surface area contributed by atoms with Crippen molar-refractivity contribution in [2.24, 2.45) is 29.1 Å². The first-order valence-corrected chi connectivity index (χ1v) is 12.7. The van der Waals surface area contributed by atoms with Gasteiger partial charge in [0.05, 0.1) is 24.4 Å². The summed E-state index contributed by atoms with van der Waals surface area (Å²) in [4.78, 5) is 0. The van der Waals surface area contributed by atoms with Crippen LogP contribution in [0.15, 0.2) is 35.5 Å². The van der Waals surface area contributed by atoms with Gasteiger partial charge in [0, 0.05) is 6.42 Å². The summed E-state index contributed by atoms with van der Waals surface area (Å²) in [7, 11) is 0. The summed E-state index contributed by atoms with van der Waals surface area (Å²) in [6, 6.07) is 0. The van der Waals surface area contributed by atoms with Crippen LogP contribution in [0.25, 0.3) is 0 Å².